The number of hydrogen-bond acceptors (Lipinski definition) is 3. The van der Waals surface area contributed by atoms with Crippen molar-refractivity contribution >= 4 is 0 Å². The monoisotopic (exact) mass is 378 g/mol. The molecule has 3 heteroatoms. The van der Waals surface area contributed by atoms with Crippen molar-refractivity contribution in [3.63, 3.8) is 0 Å². The van der Waals surface area contributed by atoms with E-state index in [0.29, 0.717) is 0 Å². The third-order valence-corrected chi connectivity index (χ3v) is 6.84. The van der Waals surface area contributed by atoms with Crippen LogP contribution in [0, 0.1) is 10.8 Å². The molecule has 148 valence electrons. The molecule has 0 N–H and O–H groups in total. The Bertz CT molecular complexity index is 879. The van der Waals surface area contributed by atoms with E-state index in [1.165, 1.54) is 22.3 Å². The molecule has 2 fully saturated rings. The third kappa shape index (κ3) is 2.49. The first-order valence-corrected chi connectivity index (χ1v) is 10.3. The highest BCUT2D eigenvalue weighted by molar-refractivity contribution is 5.58. The van der Waals surface area contributed by atoms with E-state index in [2.05, 4.69) is 77.9 Å². The Morgan fingerprint density at radius 1 is 0.679 bits per heavy atom. The molecule has 0 aliphatic carbocycles. The highest BCUT2D eigenvalue weighted by Gasteiger charge is 2.44. The number of ether oxygens (including phenoxy) is 3. The lowest BCUT2D eigenvalue weighted by Gasteiger charge is -2.46. The van der Waals surface area contributed by atoms with Crippen LogP contribution in [0.15, 0.2) is 36.4 Å². The van der Waals surface area contributed by atoms with Crippen LogP contribution in [-0.2, 0) is 14.9 Å². The van der Waals surface area contributed by atoms with Gasteiger partial charge in [-0.2, -0.15) is 0 Å². The van der Waals surface area contributed by atoms with Crippen molar-refractivity contribution < 1.29 is 14.2 Å². The zero-order valence-corrected chi connectivity index (χ0v) is 17.8. The van der Waals surface area contributed by atoms with Crippen molar-refractivity contribution in [2.24, 2.45) is 10.8 Å². The first-order valence-electron chi connectivity index (χ1n) is 10.3. The maximum Gasteiger partial charge on any atom is 0.131 e. The number of rotatable bonds is 2. The highest BCUT2D eigenvalue weighted by atomic mass is 16.5. The smallest absolute Gasteiger partial charge is 0.131 e. The topological polar surface area (TPSA) is 27.7 Å². The summed E-state index contributed by atoms with van der Waals surface area (Å²) in [5.74, 6) is 1.90. The molecule has 28 heavy (non-hydrogen) atoms. The molecule has 2 aromatic carbocycles. The van der Waals surface area contributed by atoms with Gasteiger partial charge in [-0.1, -0.05) is 53.7 Å². The second-order valence-corrected chi connectivity index (χ2v) is 10.6. The molecule has 2 saturated heterocycles. The average Bonchev–Trinajstić information content (AvgIpc) is 2.61. The molecule has 0 spiro atoms. The maximum atomic E-state index is 6.31. The average molecular weight is 379 g/mol. The van der Waals surface area contributed by atoms with Crippen LogP contribution in [0.3, 0.4) is 0 Å². The van der Waals surface area contributed by atoms with Gasteiger partial charge < -0.3 is 14.2 Å². The maximum absolute atomic E-state index is 6.31. The van der Waals surface area contributed by atoms with E-state index in [9.17, 15) is 0 Å². The van der Waals surface area contributed by atoms with Gasteiger partial charge in [0.15, 0.2) is 0 Å². The third-order valence-electron chi connectivity index (χ3n) is 6.84. The van der Waals surface area contributed by atoms with E-state index in [1.807, 2.05) is 0 Å². The first kappa shape index (κ1) is 18.2. The van der Waals surface area contributed by atoms with Crippen LogP contribution in [-0.4, -0.2) is 13.2 Å². The predicted molar refractivity (Wildman–Crippen MR) is 110 cm³/mol. The Hall–Kier alpha value is -1.84. The van der Waals surface area contributed by atoms with Crippen molar-refractivity contribution in [3.05, 3.63) is 58.7 Å². The van der Waals surface area contributed by atoms with E-state index in [-0.39, 0.29) is 28.5 Å². The quantitative estimate of drug-likeness (QED) is 0.612. The molecule has 0 aromatic heterocycles. The van der Waals surface area contributed by atoms with E-state index in [4.69, 9.17) is 14.2 Å². The molecule has 2 atom stereocenters. The summed E-state index contributed by atoms with van der Waals surface area (Å²) in [6, 6.07) is 13.1. The van der Waals surface area contributed by atoms with Gasteiger partial charge in [0.2, 0.25) is 0 Å². The lowest BCUT2D eigenvalue weighted by molar-refractivity contribution is -0.172. The molecular formula is C25H30O3. The largest absolute Gasteiger partial charge is 0.457 e. The zero-order valence-electron chi connectivity index (χ0n) is 17.8. The second kappa shape index (κ2) is 5.61. The zero-order chi connectivity index (χ0) is 19.9. The summed E-state index contributed by atoms with van der Waals surface area (Å²) in [6.45, 7) is 15.3. The van der Waals surface area contributed by atoms with E-state index in [1.54, 1.807) is 0 Å². The van der Waals surface area contributed by atoms with Crippen molar-refractivity contribution in [2.75, 3.05) is 13.2 Å². The Labute approximate surface area is 168 Å². The highest BCUT2D eigenvalue weighted by Crippen LogP contribution is 2.53. The Morgan fingerprint density at radius 2 is 1.11 bits per heavy atom. The van der Waals surface area contributed by atoms with Crippen molar-refractivity contribution in [2.45, 2.75) is 59.2 Å². The van der Waals surface area contributed by atoms with Crippen LogP contribution in [0.5, 0.6) is 11.5 Å². The Morgan fingerprint density at radius 3 is 1.43 bits per heavy atom. The summed E-state index contributed by atoms with van der Waals surface area (Å²) >= 11 is 0. The van der Waals surface area contributed by atoms with Gasteiger partial charge in [0.1, 0.15) is 11.5 Å². The van der Waals surface area contributed by atoms with Gasteiger partial charge in [-0.15, -0.1) is 0 Å². The van der Waals surface area contributed by atoms with Crippen LogP contribution >= 0.6 is 0 Å². The predicted octanol–water partition coefficient (Wildman–Crippen LogP) is 6.31. The fourth-order valence-electron chi connectivity index (χ4n) is 4.93. The Kier molecular flexibility index (Phi) is 3.65. The number of fused-ring (bicyclic) bond motifs is 2. The van der Waals surface area contributed by atoms with E-state index < -0.39 is 0 Å². The molecule has 2 aromatic rings. The van der Waals surface area contributed by atoms with Gasteiger partial charge in [-0.3, -0.25) is 0 Å². The summed E-state index contributed by atoms with van der Waals surface area (Å²) in [7, 11) is 0. The summed E-state index contributed by atoms with van der Waals surface area (Å²) in [6.07, 6.45) is 0.316. The minimum Gasteiger partial charge on any atom is -0.457 e. The van der Waals surface area contributed by atoms with Crippen LogP contribution in [0.4, 0.5) is 0 Å². The standard InChI is InChI=1S/C25H30O3/c1-23(2)13-26-21(23)15-7-9-19-17(11-15)25(5,6)18-12-16(8-10-20(18)28-19)22-24(3,4)14-27-22/h7-12,21-22H,13-14H2,1-6H3. The minimum absolute atomic E-state index is 0.142. The van der Waals surface area contributed by atoms with Gasteiger partial charge in [-0.05, 0) is 35.4 Å². The molecule has 0 bridgehead atoms. The first-order chi connectivity index (χ1) is 13.1. The van der Waals surface area contributed by atoms with Crippen molar-refractivity contribution in [1.82, 2.24) is 0 Å². The van der Waals surface area contributed by atoms with Gasteiger partial charge in [0, 0.05) is 27.4 Å². The fraction of sp³-hybridized carbons (Fsp3) is 0.520. The molecule has 2 unspecified atom stereocenters. The number of benzene rings is 2. The van der Waals surface area contributed by atoms with Crippen LogP contribution in [0.1, 0.15) is 76.0 Å². The van der Waals surface area contributed by atoms with E-state index in [0.717, 1.165) is 24.7 Å². The summed E-state index contributed by atoms with van der Waals surface area (Å²) in [5, 5.41) is 0. The lowest BCUT2D eigenvalue weighted by Crippen LogP contribution is -2.41. The Balaban J connectivity index is 1.56. The van der Waals surface area contributed by atoms with Crippen LogP contribution in [0.25, 0.3) is 0 Å². The molecule has 3 nitrogen and oxygen atoms in total. The number of hydrogen-bond donors (Lipinski definition) is 0. The van der Waals surface area contributed by atoms with Crippen molar-refractivity contribution in [3.8, 4) is 11.5 Å². The summed E-state index contributed by atoms with van der Waals surface area (Å²) in [4.78, 5) is 0. The van der Waals surface area contributed by atoms with E-state index >= 15 is 0 Å². The van der Waals surface area contributed by atoms with Gasteiger partial charge in [-0.25, -0.2) is 0 Å². The molecular weight excluding hydrogens is 348 g/mol. The van der Waals surface area contributed by atoms with Crippen LogP contribution < -0.4 is 4.74 Å². The summed E-state index contributed by atoms with van der Waals surface area (Å²) in [5.41, 5.74) is 5.18. The minimum atomic E-state index is -0.142. The molecule has 0 radical (unpaired) electrons. The van der Waals surface area contributed by atoms with Crippen molar-refractivity contribution in [1.29, 1.82) is 0 Å². The molecule has 3 heterocycles. The molecule has 0 saturated carbocycles. The molecule has 0 amide bonds. The SMILES string of the molecule is CC1(C)c2cc(C3OCC3(C)C)ccc2Oc2ccc(C3OCC3(C)C)cc21. The fourth-order valence-corrected chi connectivity index (χ4v) is 4.93. The van der Waals surface area contributed by atoms with Gasteiger partial charge in [0.25, 0.3) is 0 Å². The van der Waals surface area contributed by atoms with Crippen LogP contribution in [0.2, 0.25) is 0 Å². The summed E-state index contributed by atoms with van der Waals surface area (Å²) < 4.78 is 18.1. The molecule has 3 aliphatic rings. The molecule has 3 aliphatic heterocycles. The van der Waals surface area contributed by atoms with Gasteiger partial charge >= 0.3 is 0 Å². The molecule has 5 rings (SSSR count). The van der Waals surface area contributed by atoms with Gasteiger partial charge in [0.05, 0.1) is 25.4 Å². The second-order valence-electron chi connectivity index (χ2n) is 10.6. The lowest BCUT2D eigenvalue weighted by atomic mass is 9.71. The normalized spacial score (nSPS) is 28.2.